The topological polar surface area (TPSA) is 80.9 Å². The molecule has 0 radical (unpaired) electrons. The minimum absolute atomic E-state index is 0. The first-order valence-corrected chi connectivity index (χ1v) is 14.2. The predicted octanol–water partition coefficient (Wildman–Crippen LogP) is 9.44. The van der Waals surface area contributed by atoms with Crippen molar-refractivity contribution in [2.75, 3.05) is 0 Å². The van der Waals surface area contributed by atoms with Gasteiger partial charge in [-0.2, -0.15) is 26.3 Å². The highest BCUT2D eigenvalue weighted by Crippen LogP contribution is 2.37. The smallest absolute Gasteiger partial charge is 0.423 e. The molecule has 0 saturated heterocycles. The molecule has 45 heavy (non-hydrogen) atoms. The summed E-state index contributed by atoms with van der Waals surface area (Å²) in [6, 6.07) is 15.5. The van der Waals surface area contributed by atoms with E-state index in [0.29, 0.717) is 35.7 Å². The van der Waals surface area contributed by atoms with Crippen molar-refractivity contribution in [2.45, 2.75) is 33.0 Å². The van der Waals surface area contributed by atoms with Gasteiger partial charge in [0.05, 0.1) is 24.3 Å². The molecule has 0 aliphatic heterocycles. The SMILES string of the molecule is C.OB(O)c1cc(Cl)ccc1Cl.OCc1cc(C(F)(F)F)ccc1-c1cc(Cl)ccc1Cl.OCc1cc(C(F)(F)F)ccc1Br. The number of rotatable bonds is 4. The Labute approximate surface area is 284 Å². The first-order valence-electron chi connectivity index (χ1n) is 11.9. The zero-order chi connectivity index (χ0) is 33.4. The highest BCUT2D eigenvalue weighted by Gasteiger charge is 2.31. The number of alkyl halides is 6. The fourth-order valence-electron chi connectivity index (χ4n) is 3.45. The van der Waals surface area contributed by atoms with E-state index in [1.807, 2.05) is 0 Å². The van der Waals surface area contributed by atoms with Crippen molar-refractivity contribution in [1.29, 1.82) is 0 Å². The number of aliphatic hydroxyl groups is 2. The van der Waals surface area contributed by atoms with Crippen molar-refractivity contribution in [3.8, 4) is 11.1 Å². The lowest BCUT2D eigenvalue weighted by molar-refractivity contribution is -0.138. The first kappa shape index (κ1) is 41.0. The van der Waals surface area contributed by atoms with Gasteiger partial charge < -0.3 is 20.3 Å². The fraction of sp³-hybridized carbons (Fsp3) is 0.172. The molecule has 4 rings (SSSR count). The Morgan fingerprint density at radius 2 is 1.07 bits per heavy atom. The van der Waals surface area contributed by atoms with Crippen LogP contribution in [0.5, 0.6) is 0 Å². The normalized spacial score (nSPS) is 11.0. The molecule has 0 fully saturated rings. The van der Waals surface area contributed by atoms with E-state index < -0.39 is 43.8 Å². The third-order valence-corrected chi connectivity index (χ3v) is 7.52. The summed E-state index contributed by atoms with van der Waals surface area (Å²) in [7, 11) is -1.57. The second-order valence-electron chi connectivity index (χ2n) is 8.65. The summed E-state index contributed by atoms with van der Waals surface area (Å²) >= 11 is 26.1. The zero-order valence-electron chi connectivity index (χ0n) is 21.9. The Morgan fingerprint density at radius 3 is 1.53 bits per heavy atom. The van der Waals surface area contributed by atoms with Crippen LogP contribution < -0.4 is 5.46 Å². The Balaban J connectivity index is 0.000000353. The molecule has 4 nitrogen and oxygen atoms in total. The Kier molecular flexibility index (Phi) is 16.2. The molecule has 0 atom stereocenters. The van der Waals surface area contributed by atoms with Crippen LogP contribution in [0.15, 0.2) is 77.3 Å². The van der Waals surface area contributed by atoms with Crippen LogP contribution >= 0.6 is 62.3 Å². The summed E-state index contributed by atoms with van der Waals surface area (Å²) < 4.78 is 74.9. The van der Waals surface area contributed by atoms with E-state index in [9.17, 15) is 31.4 Å². The number of hydrogen-bond acceptors (Lipinski definition) is 4. The van der Waals surface area contributed by atoms with Crippen LogP contribution in [0.4, 0.5) is 26.3 Å². The molecule has 0 saturated carbocycles. The number of halogens is 11. The van der Waals surface area contributed by atoms with Crippen molar-refractivity contribution in [3.05, 3.63) is 120 Å². The molecule has 4 aromatic rings. The van der Waals surface area contributed by atoms with Crippen molar-refractivity contribution in [3.63, 3.8) is 0 Å². The average Bonchev–Trinajstić information content (AvgIpc) is 2.95. The third-order valence-electron chi connectivity index (χ3n) is 5.60. The van der Waals surface area contributed by atoms with Gasteiger partial charge in [-0.1, -0.05) is 75.8 Å². The van der Waals surface area contributed by atoms with Gasteiger partial charge >= 0.3 is 19.5 Å². The van der Waals surface area contributed by atoms with E-state index in [-0.39, 0.29) is 24.0 Å². The largest absolute Gasteiger partial charge is 0.490 e. The van der Waals surface area contributed by atoms with Crippen LogP contribution in [-0.4, -0.2) is 27.4 Å². The second-order valence-corrected chi connectivity index (χ2v) is 11.2. The molecule has 0 aliphatic rings. The summed E-state index contributed by atoms with van der Waals surface area (Å²) in [6.45, 7) is -0.938. The molecule has 0 bridgehead atoms. The lowest BCUT2D eigenvalue weighted by Gasteiger charge is -2.13. The van der Waals surface area contributed by atoms with Gasteiger partial charge in [-0.3, -0.25) is 0 Å². The fourth-order valence-corrected chi connectivity index (χ4v) is 4.61. The summed E-state index contributed by atoms with van der Waals surface area (Å²) in [5.41, 5.74) is -0.0638. The molecule has 16 heteroatoms. The minimum atomic E-state index is -4.46. The molecule has 4 N–H and O–H groups in total. The van der Waals surface area contributed by atoms with E-state index in [2.05, 4.69) is 15.9 Å². The second kappa shape index (κ2) is 17.8. The van der Waals surface area contributed by atoms with E-state index in [4.69, 9.17) is 61.6 Å². The van der Waals surface area contributed by atoms with Gasteiger partial charge in [0.1, 0.15) is 0 Å². The molecule has 244 valence electrons. The average molecular weight is 783 g/mol. The molecule has 0 aromatic heterocycles. The van der Waals surface area contributed by atoms with Crippen molar-refractivity contribution < 1.29 is 46.6 Å². The van der Waals surface area contributed by atoms with Crippen molar-refractivity contribution in [1.82, 2.24) is 0 Å². The van der Waals surface area contributed by atoms with Gasteiger partial charge in [-0.05, 0) is 83.4 Å². The summed E-state index contributed by atoms with van der Waals surface area (Å²) in [6.07, 6.45) is -8.81. The van der Waals surface area contributed by atoms with Gasteiger partial charge in [-0.15, -0.1) is 0 Å². The Bertz CT molecular complexity index is 1570. The molecular weight excluding hydrogens is 759 g/mol. The Morgan fingerprint density at radius 1 is 0.600 bits per heavy atom. The van der Waals surface area contributed by atoms with E-state index in [1.54, 1.807) is 24.3 Å². The zero-order valence-corrected chi connectivity index (χ0v) is 26.5. The van der Waals surface area contributed by atoms with E-state index in [0.717, 1.165) is 24.3 Å². The third kappa shape index (κ3) is 12.3. The van der Waals surface area contributed by atoms with Crippen LogP contribution in [0, 0.1) is 0 Å². The van der Waals surface area contributed by atoms with Crippen LogP contribution in [0.3, 0.4) is 0 Å². The van der Waals surface area contributed by atoms with Crippen LogP contribution in [0.1, 0.15) is 29.7 Å². The highest BCUT2D eigenvalue weighted by molar-refractivity contribution is 9.10. The van der Waals surface area contributed by atoms with Gasteiger partial charge in [0.15, 0.2) is 0 Å². The lowest BCUT2D eigenvalue weighted by Crippen LogP contribution is -2.30. The molecule has 0 spiro atoms. The molecule has 0 aliphatic carbocycles. The van der Waals surface area contributed by atoms with Crippen LogP contribution in [0.25, 0.3) is 11.1 Å². The molecule has 0 unspecified atom stereocenters. The molecular formula is C29H24BBrCl4F6O4. The van der Waals surface area contributed by atoms with Crippen LogP contribution in [-0.2, 0) is 25.6 Å². The van der Waals surface area contributed by atoms with Crippen molar-refractivity contribution in [2.24, 2.45) is 0 Å². The number of hydrogen-bond donors (Lipinski definition) is 4. The molecule has 0 heterocycles. The summed E-state index contributed by atoms with van der Waals surface area (Å²) in [5.74, 6) is 0. The van der Waals surface area contributed by atoms with Gasteiger partial charge in [-0.25, -0.2) is 0 Å². The Hall–Kier alpha value is -2.00. The van der Waals surface area contributed by atoms with E-state index in [1.165, 1.54) is 24.3 Å². The minimum Gasteiger partial charge on any atom is -0.423 e. The molecule has 4 aromatic carbocycles. The highest BCUT2D eigenvalue weighted by atomic mass is 79.9. The lowest BCUT2D eigenvalue weighted by atomic mass is 9.80. The van der Waals surface area contributed by atoms with Gasteiger partial charge in [0, 0.05) is 35.6 Å². The molecule has 0 amide bonds. The monoisotopic (exact) mass is 780 g/mol. The first-order chi connectivity index (χ1) is 20.4. The maximum Gasteiger partial charge on any atom is 0.490 e. The van der Waals surface area contributed by atoms with E-state index >= 15 is 0 Å². The van der Waals surface area contributed by atoms with Gasteiger partial charge in [0.2, 0.25) is 0 Å². The predicted molar refractivity (Wildman–Crippen MR) is 171 cm³/mol. The maximum absolute atomic E-state index is 12.7. The number of benzene rings is 4. The maximum atomic E-state index is 12.7. The summed E-state index contributed by atoms with van der Waals surface area (Å²) in [5, 5.41) is 37.0. The quantitative estimate of drug-likeness (QED) is 0.123. The van der Waals surface area contributed by atoms with Crippen LogP contribution in [0.2, 0.25) is 20.1 Å². The van der Waals surface area contributed by atoms with Crippen molar-refractivity contribution >= 4 is 74.9 Å². The standard InChI is InChI=1S/C14H9Cl2F3O.C8H6BrF3O.C6H5BCl2O2.CH4/c15-10-2-4-13(16)12(6-10)11-3-1-9(14(17,18)19)5-8(11)7-20;9-7-2-1-6(8(10,11)12)3-5(7)4-13;8-4-1-2-6(9)5(3-4)7(10)11;/h1-6,20H,7H2;1-3,13H,4H2;1-3,10-11H;1H4. The summed E-state index contributed by atoms with van der Waals surface area (Å²) in [4.78, 5) is 0. The number of aliphatic hydroxyl groups excluding tert-OH is 2. The van der Waals surface area contributed by atoms with Gasteiger partial charge in [0.25, 0.3) is 0 Å².